The Labute approximate surface area is 130 Å². The average Bonchev–Trinajstić information content (AvgIpc) is 2.36. The molecule has 2 unspecified atom stereocenters. The number of hydrogen-bond donors (Lipinski definition) is 1. The maximum atomic E-state index is 4.51. The third-order valence-corrected chi connectivity index (χ3v) is 4.36. The summed E-state index contributed by atoms with van der Waals surface area (Å²) >= 11 is 0. The molecule has 1 aromatic heterocycles. The van der Waals surface area contributed by atoms with Gasteiger partial charge in [0, 0.05) is 47.8 Å². The van der Waals surface area contributed by atoms with E-state index in [0.29, 0.717) is 6.04 Å². The first-order chi connectivity index (χ1) is 9.76. The summed E-state index contributed by atoms with van der Waals surface area (Å²) in [5.41, 5.74) is 3.93. The molecule has 118 valence electrons. The van der Waals surface area contributed by atoms with Gasteiger partial charge in [-0.2, -0.15) is 0 Å². The van der Waals surface area contributed by atoms with Crippen LogP contribution in [0.1, 0.15) is 58.7 Å². The molecule has 3 heteroatoms. The van der Waals surface area contributed by atoms with Crippen molar-refractivity contribution in [2.45, 2.75) is 72.5 Å². The number of hydrogen-bond acceptors (Lipinski definition) is 3. The fourth-order valence-corrected chi connectivity index (χ4v) is 3.10. The highest BCUT2D eigenvalue weighted by Crippen LogP contribution is 2.30. The van der Waals surface area contributed by atoms with Crippen molar-refractivity contribution >= 4 is 5.69 Å². The van der Waals surface area contributed by atoms with E-state index in [0.717, 1.165) is 24.7 Å². The lowest BCUT2D eigenvalue weighted by Gasteiger charge is -2.39. The van der Waals surface area contributed by atoms with Crippen LogP contribution in [0.25, 0.3) is 0 Å². The Hall–Kier alpha value is -1.09. The first-order valence-corrected chi connectivity index (χ1v) is 8.23. The number of nitrogens with zero attached hydrogens (tertiary/aromatic N) is 2. The first-order valence-electron chi connectivity index (χ1n) is 8.23. The fourth-order valence-electron chi connectivity index (χ4n) is 3.10. The highest BCUT2D eigenvalue weighted by Gasteiger charge is 2.25. The Morgan fingerprint density at radius 3 is 2.67 bits per heavy atom. The van der Waals surface area contributed by atoms with Crippen molar-refractivity contribution < 1.29 is 0 Å². The molecule has 0 saturated carbocycles. The summed E-state index contributed by atoms with van der Waals surface area (Å²) in [6, 6.07) is 2.87. The summed E-state index contributed by atoms with van der Waals surface area (Å²) in [5, 5.41) is 3.59. The Morgan fingerprint density at radius 2 is 2.05 bits per heavy atom. The van der Waals surface area contributed by atoms with Gasteiger partial charge in [0.05, 0.1) is 0 Å². The average molecular weight is 289 g/mol. The molecule has 1 fully saturated rings. The molecule has 2 heterocycles. The van der Waals surface area contributed by atoms with E-state index in [2.05, 4.69) is 62.8 Å². The second kappa shape index (κ2) is 6.35. The number of rotatable bonds is 3. The summed E-state index contributed by atoms with van der Waals surface area (Å²) in [6.07, 6.45) is 4.62. The lowest BCUT2D eigenvalue weighted by atomic mass is 9.92. The largest absolute Gasteiger partial charge is 0.368 e. The van der Waals surface area contributed by atoms with Gasteiger partial charge in [-0.05, 0) is 59.4 Å². The van der Waals surface area contributed by atoms with E-state index < -0.39 is 0 Å². The normalized spacial score (nSPS) is 23.4. The van der Waals surface area contributed by atoms with E-state index in [4.69, 9.17) is 0 Å². The molecule has 21 heavy (non-hydrogen) atoms. The van der Waals surface area contributed by atoms with Crippen molar-refractivity contribution in [2.75, 3.05) is 11.4 Å². The van der Waals surface area contributed by atoms with Crippen LogP contribution in [0.5, 0.6) is 0 Å². The molecule has 1 aliphatic rings. The SMILES string of the molecule is Cc1cc(N2CCC(C)CC2C)c(CNC(C)(C)C)cn1. The first kappa shape index (κ1) is 16.3. The molecular formula is C18H31N3. The second-order valence-corrected chi connectivity index (χ2v) is 7.73. The van der Waals surface area contributed by atoms with E-state index in [1.54, 1.807) is 0 Å². The van der Waals surface area contributed by atoms with E-state index in [-0.39, 0.29) is 5.54 Å². The van der Waals surface area contributed by atoms with E-state index in [1.165, 1.54) is 24.1 Å². The number of anilines is 1. The molecule has 1 saturated heterocycles. The molecule has 0 amide bonds. The summed E-state index contributed by atoms with van der Waals surface area (Å²) < 4.78 is 0. The molecular weight excluding hydrogens is 258 g/mol. The molecule has 3 nitrogen and oxygen atoms in total. The van der Waals surface area contributed by atoms with Gasteiger partial charge in [0.1, 0.15) is 0 Å². The zero-order chi connectivity index (χ0) is 15.6. The Morgan fingerprint density at radius 1 is 1.33 bits per heavy atom. The lowest BCUT2D eigenvalue weighted by Crippen LogP contribution is -2.41. The maximum absolute atomic E-state index is 4.51. The number of piperidine rings is 1. The van der Waals surface area contributed by atoms with Crippen molar-refractivity contribution in [1.29, 1.82) is 0 Å². The Balaban J connectivity index is 2.22. The van der Waals surface area contributed by atoms with Gasteiger partial charge in [-0.1, -0.05) is 6.92 Å². The quantitative estimate of drug-likeness (QED) is 0.914. The van der Waals surface area contributed by atoms with Gasteiger partial charge < -0.3 is 10.2 Å². The standard InChI is InChI=1S/C18H31N3/c1-13-7-8-21(15(3)9-13)17-10-14(2)19-11-16(17)12-20-18(4,5)6/h10-11,13,15,20H,7-9,12H2,1-6H3. The van der Waals surface area contributed by atoms with Gasteiger partial charge in [0.2, 0.25) is 0 Å². The van der Waals surface area contributed by atoms with Crippen LogP contribution >= 0.6 is 0 Å². The van der Waals surface area contributed by atoms with Crippen molar-refractivity contribution in [2.24, 2.45) is 5.92 Å². The van der Waals surface area contributed by atoms with Crippen LogP contribution in [-0.4, -0.2) is 23.1 Å². The van der Waals surface area contributed by atoms with Crippen molar-refractivity contribution in [3.05, 3.63) is 23.5 Å². The monoisotopic (exact) mass is 289 g/mol. The molecule has 0 aromatic carbocycles. The van der Waals surface area contributed by atoms with Crippen molar-refractivity contribution in [1.82, 2.24) is 10.3 Å². The Bertz CT molecular complexity index is 476. The minimum absolute atomic E-state index is 0.129. The topological polar surface area (TPSA) is 28.2 Å². The van der Waals surface area contributed by atoms with Crippen LogP contribution in [0.15, 0.2) is 12.3 Å². The van der Waals surface area contributed by atoms with Crippen LogP contribution in [0.2, 0.25) is 0 Å². The second-order valence-electron chi connectivity index (χ2n) is 7.73. The number of pyridine rings is 1. The number of aromatic nitrogens is 1. The third kappa shape index (κ3) is 4.44. The predicted molar refractivity (Wildman–Crippen MR) is 90.8 cm³/mol. The zero-order valence-corrected chi connectivity index (χ0v) is 14.5. The molecule has 0 aliphatic carbocycles. The summed E-state index contributed by atoms with van der Waals surface area (Å²) in [6.45, 7) is 15.5. The van der Waals surface area contributed by atoms with Crippen LogP contribution in [0.4, 0.5) is 5.69 Å². The number of nitrogens with one attached hydrogen (secondary N) is 1. The lowest BCUT2D eigenvalue weighted by molar-refractivity contribution is 0.376. The zero-order valence-electron chi connectivity index (χ0n) is 14.5. The molecule has 1 aromatic rings. The van der Waals surface area contributed by atoms with Crippen LogP contribution in [0, 0.1) is 12.8 Å². The molecule has 0 spiro atoms. The smallest absolute Gasteiger partial charge is 0.0447 e. The third-order valence-electron chi connectivity index (χ3n) is 4.36. The summed E-state index contributed by atoms with van der Waals surface area (Å²) in [5.74, 6) is 0.843. The molecule has 1 aliphatic heterocycles. The van der Waals surface area contributed by atoms with Gasteiger partial charge in [-0.3, -0.25) is 4.98 Å². The molecule has 0 radical (unpaired) electrons. The number of aryl methyl sites for hydroxylation is 1. The van der Waals surface area contributed by atoms with E-state index >= 15 is 0 Å². The predicted octanol–water partition coefficient (Wildman–Crippen LogP) is 3.90. The highest BCUT2D eigenvalue weighted by atomic mass is 15.2. The molecule has 1 N–H and O–H groups in total. The van der Waals surface area contributed by atoms with Gasteiger partial charge in [0.15, 0.2) is 0 Å². The molecule has 2 atom stereocenters. The van der Waals surface area contributed by atoms with Crippen LogP contribution in [-0.2, 0) is 6.54 Å². The highest BCUT2D eigenvalue weighted by molar-refractivity contribution is 5.54. The van der Waals surface area contributed by atoms with Gasteiger partial charge in [0.25, 0.3) is 0 Å². The van der Waals surface area contributed by atoms with Gasteiger partial charge in [-0.15, -0.1) is 0 Å². The van der Waals surface area contributed by atoms with Crippen LogP contribution < -0.4 is 10.2 Å². The van der Waals surface area contributed by atoms with E-state index in [9.17, 15) is 0 Å². The Kier molecular flexibility index (Phi) is 4.92. The van der Waals surface area contributed by atoms with Crippen molar-refractivity contribution in [3.63, 3.8) is 0 Å². The summed E-state index contributed by atoms with van der Waals surface area (Å²) in [7, 11) is 0. The van der Waals surface area contributed by atoms with Gasteiger partial charge in [-0.25, -0.2) is 0 Å². The van der Waals surface area contributed by atoms with Crippen LogP contribution in [0.3, 0.4) is 0 Å². The van der Waals surface area contributed by atoms with Gasteiger partial charge >= 0.3 is 0 Å². The van der Waals surface area contributed by atoms with E-state index in [1.807, 2.05) is 6.20 Å². The fraction of sp³-hybridized carbons (Fsp3) is 0.722. The van der Waals surface area contributed by atoms with Crippen molar-refractivity contribution in [3.8, 4) is 0 Å². The molecule has 2 rings (SSSR count). The minimum atomic E-state index is 0.129. The summed E-state index contributed by atoms with van der Waals surface area (Å²) in [4.78, 5) is 7.09. The molecule has 0 bridgehead atoms. The maximum Gasteiger partial charge on any atom is 0.0447 e. The minimum Gasteiger partial charge on any atom is -0.368 e.